The smallest absolute Gasteiger partial charge is 0.119 e. The van der Waals surface area contributed by atoms with Gasteiger partial charge in [-0.05, 0) is 54.6 Å². The Bertz CT molecular complexity index is 1180. The summed E-state index contributed by atoms with van der Waals surface area (Å²) in [6.07, 6.45) is 0. The highest BCUT2D eigenvalue weighted by atomic mass is 35.5. The molecule has 0 aliphatic carbocycles. The zero-order chi connectivity index (χ0) is 18.1. The molecular weight excluding hydrogens is 346 g/mol. The number of benzene rings is 3. The van der Waals surface area contributed by atoms with Gasteiger partial charge in [0.05, 0.1) is 35.5 Å². The highest BCUT2D eigenvalue weighted by molar-refractivity contribution is 6.31. The summed E-state index contributed by atoms with van der Waals surface area (Å²) in [6, 6.07) is 20.9. The molecule has 26 heavy (non-hydrogen) atoms. The van der Waals surface area contributed by atoms with E-state index in [1.165, 1.54) is 0 Å². The van der Waals surface area contributed by atoms with Gasteiger partial charge in [0.25, 0.3) is 0 Å². The van der Waals surface area contributed by atoms with Gasteiger partial charge < -0.3 is 10.1 Å². The molecule has 1 heterocycles. The van der Waals surface area contributed by atoms with Crippen molar-refractivity contribution in [1.82, 2.24) is 4.98 Å². The van der Waals surface area contributed by atoms with E-state index in [0.717, 1.165) is 38.9 Å². The molecule has 0 atom stereocenters. The molecule has 0 unspecified atom stereocenters. The summed E-state index contributed by atoms with van der Waals surface area (Å²) >= 11 is 6.15. The van der Waals surface area contributed by atoms with Crippen molar-refractivity contribution >= 4 is 44.8 Å². The topological polar surface area (TPSA) is 57.9 Å². The molecule has 0 radical (unpaired) electrons. The number of nitriles is 1. The van der Waals surface area contributed by atoms with Crippen LogP contribution in [0.2, 0.25) is 5.02 Å². The molecule has 0 aliphatic heterocycles. The number of halogens is 1. The molecule has 0 aliphatic rings. The lowest BCUT2D eigenvalue weighted by Gasteiger charge is -2.14. The molecule has 0 saturated carbocycles. The van der Waals surface area contributed by atoms with Crippen molar-refractivity contribution in [1.29, 1.82) is 5.26 Å². The lowest BCUT2D eigenvalue weighted by atomic mass is 10.1. The number of methoxy groups -OCH3 is 1. The van der Waals surface area contributed by atoms with Crippen molar-refractivity contribution in [2.45, 2.75) is 0 Å². The van der Waals surface area contributed by atoms with Gasteiger partial charge in [0.15, 0.2) is 0 Å². The number of rotatable bonds is 3. The Morgan fingerprint density at radius 1 is 1.00 bits per heavy atom. The summed E-state index contributed by atoms with van der Waals surface area (Å²) in [5.74, 6) is 0.751. The van der Waals surface area contributed by atoms with Crippen molar-refractivity contribution in [3.8, 4) is 11.8 Å². The normalized spacial score (nSPS) is 10.7. The van der Waals surface area contributed by atoms with E-state index >= 15 is 0 Å². The van der Waals surface area contributed by atoms with E-state index in [-0.39, 0.29) is 0 Å². The summed E-state index contributed by atoms with van der Waals surface area (Å²) in [4.78, 5) is 4.72. The minimum atomic E-state index is 0.596. The molecule has 3 aromatic carbocycles. The number of hydrogen-bond acceptors (Lipinski definition) is 4. The van der Waals surface area contributed by atoms with Gasteiger partial charge >= 0.3 is 0 Å². The van der Waals surface area contributed by atoms with E-state index in [0.29, 0.717) is 10.6 Å². The Morgan fingerprint density at radius 3 is 2.69 bits per heavy atom. The predicted octanol–water partition coefficient (Wildman–Crippen LogP) is 5.67. The maximum absolute atomic E-state index is 9.15. The third-order valence-corrected chi connectivity index (χ3v) is 4.44. The van der Waals surface area contributed by atoms with Gasteiger partial charge in [0, 0.05) is 21.5 Å². The van der Waals surface area contributed by atoms with Crippen LogP contribution in [-0.2, 0) is 0 Å². The Morgan fingerprint density at radius 2 is 1.88 bits per heavy atom. The first-order valence-electron chi connectivity index (χ1n) is 8.02. The number of hydrogen-bond donors (Lipinski definition) is 1. The zero-order valence-electron chi connectivity index (χ0n) is 14.0. The highest BCUT2D eigenvalue weighted by Gasteiger charge is 2.11. The molecule has 0 bridgehead atoms. The molecule has 0 saturated heterocycles. The number of pyridine rings is 1. The van der Waals surface area contributed by atoms with Crippen LogP contribution in [0, 0.1) is 11.3 Å². The molecular formula is C21H14ClN3O. The molecule has 4 rings (SSSR count). The van der Waals surface area contributed by atoms with Gasteiger partial charge in [-0.15, -0.1) is 0 Å². The number of anilines is 2. The number of aromatic nitrogens is 1. The Kier molecular flexibility index (Phi) is 4.08. The lowest BCUT2D eigenvalue weighted by molar-refractivity contribution is 0.415. The molecule has 0 spiro atoms. The zero-order valence-corrected chi connectivity index (χ0v) is 14.7. The summed E-state index contributed by atoms with van der Waals surface area (Å²) in [7, 11) is 1.64. The molecule has 1 aromatic heterocycles. The second-order valence-corrected chi connectivity index (χ2v) is 6.29. The Hall–Kier alpha value is -3.29. The molecule has 0 amide bonds. The minimum Gasteiger partial charge on any atom is -0.497 e. The summed E-state index contributed by atoms with van der Waals surface area (Å²) < 4.78 is 5.38. The van der Waals surface area contributed by atoms with E-state index in [2.05, 4.69) is 11.4 Å². The maximum Gasteiger partial charge on any atom is 0.119 e. The van der Waals surface area contributed by atoms with Crippen LogP contribution in [0.25, 0.3) is 21.8 Å². The van der Waals surface area contributed by atoms with Gasteiger partial charge in [-0.1, -0.05) is 17.7 Å². The molecule has 0 fully saturated rings. The molecule has 126 valence electrons. The van der Waals surface area contributed by atoms with Crippen molar-refractivity contribution in [2.24, 2.45) is 0 Å². The summed E-state index contributed by atoms with van der Waals surface area (Å²) in [6.45, 7) is 0. The van der Waals surface area contributed by atoms with Crippen molar-refractivity contribution in [2.75, 3.05) is 12.4 Å². The maximum atomic E-state index is 9.15. The predicted molar refractivity (Wildman–Crippen MR) is 105 cm³/mol. The Labute approximate surface area is 155 Å². The monoisotopic (exact) mass is 359 g/mol. The van der Waals surface area contributed by atoms with Gasteiger partial charge in [-0.3, -0.25) is 0 Å². The van der Waals surface area contributed by atoms with Crippen LogP contribution in [0.3, 0.4) is 0 Å². The molecule has 5 heteroatoms. The second-order valence-electron chi connectivity index (χ2n) is 5.85. The number of nitrogens with one attached hydrogen (secondary N) is 1. The third-order valence-electron chi connectivity index (χ3n) is 4.20. The van der Waals surface area contributed by atoms with E-state index in [4.69, 9.17) is 26.6 Å². The third kappa shape index (κ3) is 2.90. The fourth-order valence-electron chi connectivity index (χ4n) is 2.97. The lowest BCUT2D eigenvalue weighted by Crippen LogP contribution is -1.96. The summed E-state index contributed by atoms with van der Waals surface area (Å²) in [5.41, 5.74) is 3.96. The molecule has 4 nitrogen and oxygen atoms in total. The van der Waals surface area contributed by atoms with E-state index in [1.54, 1.807) is 13.2 Å². The van der Waals surface area contributed by atoms with Crippen LogP contribution in [0.4, 0.5) is 11.4 Å². The van der Waals surface area contributed by atoms with Crippen LogP contribution in [0.5, 0.6) is 5.75 Å². The fraction of sp³-hybridized carbons (Fsp3) is 0.0476. The number of ether oxygens (including phenoxy) is 1. The fourth-order valence-corrected chi connectivity index (χ4v) is 3.14. The average molecular weight is 360 g/mol. The average Bonchev–Trinajstić information content (AvgIpc) is 2.67. The first kappa shape index (κ1) is 16.2. The van der Waals surface area contributed by atoms with Crippen molar-refractivity contribution < 1.29 is 4.74 Å². The van der Waals surface area contributed by atoms with Gasteiger partial charge in [-0.25, -0.2) is 4.98 Å². The van der Waals surface area contributed by atoms with Crippen molar-refractivity contribution in [3.63, 3.8) is 0 Å². The SMILES string of the molecule is COc1ccc2nc3cc(Cl)ccc3c(Nc3cccc(C#N)c3)c2c1. The van der Waals surface area contributed by atoms with Gasteiger partial charge in [-0.2, -0.15) is 5.26 Å². The Balaban J connectivity index is 2.00. The quantitative estimate of drug-likeness (QED) is 0.479. The number of nitrogens with zero attached hydrogens (tertiary/aromatic N) is 2. The largest absolute Gasteiger partial charge is 0.497 e. The first-order valence-corrected chi connectivity index (χ1v) is 8.40. The van der Waals surface area contributed by atoms with E-state index in [9.17, 15) is 0 Å². The first-order chi connectivity index (χ1) is 12.7. The minimum absolute atomic E-state index is 0.596. The number of fused-ring (bicyclic) bond motifs is 2. The van der Waals surface area contributed by atoms with Crippen LogP contribution in [-0.4, -0.2) is 12.1 Å². The van der Waals surface area contributed by atoms with Crippen LogP contribution >= 0.6 is 11.6 Å². The van der Waals surface area contributed by atoms with Crippen LogP contribution in [0.15, 0.2) is 60.7 Å². The molecule has 1 N–H and O–H groups in total. The van der Waals surface area contributed by atoms with E-state index < -0.39 is 0 Å². The van der Waals surface area contributed by atoms with Crippen molar-refractivity contribution in [3.05, 3.63) is 71.2 Å². The second kappa shape index (κ2) is 6.55. The molecule has 4 aromatic rings. The standard InChI is InChI=1S/C21H14ClN3O/c1-26-16-6-8-19-18(11-16)21(17-7-5-14(22)10-20(17)25-19)24-15-4-2-3-13(9-15)12-23/h2-11H,1H3,(H,24,25). The summed E-state index contributed by atoms with van der Waals surface area (Å²) in [5, 5.41) is 15.1. The highest BCUT2D eigenvalue weighted by Crippen LogP contribution is 2.36. The van der Waals surface area contributed by atoms with Crippen LogP contribution in [0.1, 0.15) is 5.56 Å². The van der Waals surface area contributed by atoms with E-state index in [1.807, 2.05) is 54.6 Å². The van der Waals surface area contributed by atoms with Gasteiger partial charge in [0.1, 0.15) is 5.75 Å². The van der Waals surface area contributed by atoms with Gasteiger partial charge in [0.2, 0.25) is 0 Å². The van der Waals surface area contributed by atoms with Crippen LogP contribution < -0.4 is 10.1 Å².